The Kier molecular flexibility index (Phi) is 3.19. The van der Waals surface area contributed by atoms with Crippen molar-refractivity contribution in [2.45, 2.75) is 19.8 Å². The summed E-state index contributed by atoms with van der Waals surface area (Å²) in [5.74, 6) is -2.07. The van der Waals surface area contributed by atoms with Gasteiger partial charge in [-0.25, -0.2) is 0 Å². The summed E-state index contributed by atoms with van der Waals surface area (Å²) >= 11 is 0. The normalized spacial score (nSPS) is 23.8. The second kappa shape index (κ2) is 4.21. The molecule has 0 amide bonds. The molecule has 1 N–H and O–H groups in total. The van der Waals surface area contributed by atoms with Crippen molar-refractivity contribution >= 4 is 17.5 Å². The molecule has 0 heterocycles. The Labute approximate surface area is 87.3 Å². The molecule has 0 aromatic carbocycles. The predicted molar refractivity (Wildman–Crippen MR) is 53.3 cm³/mol. The summed E-state index contributed by atoms with van der Waals surface area (Å²) in [5.41, 5.74) is -1.54. The minimum atomic E-state index is -1.54. The highest BCUT2D eigenvalue weighted by Gasteiger charge is 2.43. The zero-order chi connectivity index (χ0) is 11.5. The molecular formula is C11H12O4. The van der Waals surface area contributed by atoms with E-state index >= 15 is 0 Å². The molecule has 1 atom stereocenters. The summed E-state index contributed by atoms with van der Waals surface area (Å²) in [4.78, 5) is 33.6. The molecule has 0 fully saturated rings. The number of carboxylic acids is 1. The molecule has 1 aliphatic carbocycles. The van der Waals surface area contributed by atoms with Crippen LogP contribution in [0.1, 0.15) is 19.8 Å². The van der Waals surface area contributed by atoms with E-state index in [4.69, 9.17) is 5.11 Å². The molecule has 4 nitrogen and oxygen atoms in total. The van der Waals surface area contributed by atoms with Crippen molar-refractivity contribution in [3.8, 4) is 0 Å². The molecule has 15 heavy (non-hydrogen) atoms. The van der Waals surface area contributed by atoms with Gasteiger partial charge < -0.3 is 5.11 Å². The van der Waals surface area contributed by atoms with Gasteiger partial charge >= 0.3 is 5.97 Å². The predicted octanol–water partition coefficient (Wildman–Crippen LogP) is 1.12. The number of ketones is 2. The fourth-order valence-corrected chi connectivity index (χ4v) is 1.49. The molecule has 0 radical (unpaired) electrons. The van der Waals surface area contributed by atoms with E-state index in [1.54, 1.807) is 12.2 Å². The fourth-order valence-electron chi connectivity index (χ4n) is 1.49. The maximum atomic E-state index is 11.7. The molecule has 0 aromatic heterocycles. The van der Waals surface area contributed by atoms with Gasteiger partial charge in [0.15, 0.2) is 5.78 Å². The van der Waals surface area contributed by atoms with E-state index in [9.17, 15) is 14.4 Å². The van der Waals surface area contributed by atoms with Crippen LogP contribution in [-0.2, 0) is 14.4 Å². The number of carbonyl (C=O) groups excluding carboxylic acids is 2. The minimum Gasteiger partial charge on any atom is -0.480 e. The highest BCUT2D eigenvalue weighted by atomic mass is 16.4. The highest BCUT2D eigenvalue weighted by molar-refractivity contribution is 6.11. The number of Topliss-reactive ketones (excluding diaryl/α,β-unsaturated/α-hetero) is 2. The van der Waals surface area contributed by atoms with Crippen LogP contribution in [0.3, 0.4) is 0 Å². The van der Waals surface area contributed by atoms with Crippen LogP contribution in [0, 0.1) is 5.41 Å². The smallest absolute Gasteiger partial charge is 0.321 e. The first-order chi connectivity index (χ1) is 6.99. The van der Waals surface area contributed by atoms with Crippen LogP contribution in [0.15, 0.2) is 24.3 Å². The standard InChI is InChI=1S/C11H12O4/c1-8(12)7-9(13)11(10(14)15)5-3-2-4-6-11/h2-5H,6-7H2,1H3,(H,14,15). The number of hydrogen-bond donors (Lipinski definition) is 1. The third kappa shape index (κ3) is 2.21. The second-order valence-corrected chi connectivity index (χ2v) is 3.57. The maximum Gasteiger partial charge on any atom is 0.321 e. The van der Waals surface area contributed by atoms with Gasteiger partial charge in [0.05, 0.1) is 6.42 Å². The Hall–Kier alpha value is -1.71. The van der Waals surface area contributed by atoms with Crippen LogP contribution in [0.4, 0.5) is 0 Å². The van der Waals surface area contributed by atoms with Crippen LogP contribution < -0.4 is 0 Å². The van der Waals surface area contributed by atoms with Gasteiger partial charge in [0, 0.05) is 0 Å². The second-order valence-electron chi connectivity index (χ2n) is 3.57. The van der Waals surface area contributed by atoms with Crippen LogP contribution in [0.2, 0.25) is 0 Å². The van der Waals surface area contributed by atoms with Crippen molar-refractivity contribution in [1.29, 1.82) is 0 Å². The third-order valence-electron chi connectivity index (χ3n) is 2.36. The van der Waals surface area contributed by atoms with Crippen molar-refractivity contribution in [2.24, 2.45) is 5.41 Å². The summed E-state index contributed by atoms with van der Waals surface area (Å²) in [6, 6.07) is 0. The van der Waals surface area contributed by atoms with Crippen LogP contribution in [-0.4, -0.2) is 22.6 Å². The zero-order valence-corrected chi connectivity index (χ0v) is 8.40. The Morgan fingerprint density at radius 1 is 1.33 bits per heavy atom. The van der Waals surface area contributed by atoms with Gasteiger partial charge in [-0.05, 0) is 13.3 Å². The van der Waals surface area contributed by atoms with Gasteiger partial charge in [0.2, 0.25) is 0 Å². The average Bonchev–Trinajstić information content (AvgIpc) is 2.17. The number of aliphatic carboxylic acids is 1. The van der Waals surface area contributed by atoms with Crippen molar-refractivity contribution in [2.75, 3.05) is 0 Å². The Morgan fingerprint density at radius 3 is 2.40 bits per heavy atom. The SMILES string of the molecule is CC(=O)CC(=O)C1(C(=O)O)C=CC=CC1. The lowest BCUT2D eigenvalue weighted by Gasteiger charge is -2.24. The van der Waals surface area contributed by atoms with Gasteiger partial charge in [0.1, 0.15) is 11.2 Å². The van der Waals surface area contributed by atoms with Crippen molar-refractivity contribution in [3.63, 3.8) is 0 Å². The number of carboxylic acid groups (broad SMARTS) is 1. The highest BCUT2D eigenvalue weighted by Crippen LogP contribution is 2.30. The lowest BCUT2D eigenvalue weighted by molar-refractivity contribution is -0.151. The molecule has 0 saturated carbocycles. The average molecular weight is 208 g/mol. The van der Waals surface area contributed by atoms with E-state index in [1.807, 2.05) is 0 Å². The minimum absolute atomic E-state index is 0.116. The summed E-state index contributed by atoms with van der Waals surface area (Å²) in [6.07, 6.45) is 5.96. The lowest BCUT2D eigenvalue weighted by atomic mass is 9.76. The summed E-state index contributed by atoms with van der Waals surface area (Å²) in [5, 5.41) is 9.05. The molecule has 1 rings (SSSR count). The number of allylic oxidation sites excluding steroid dienone is 3. The summed E-state index contributed by atoms with van der Waals surface area (Å²) < 4.78 is 0. The molecule has 0 aliphatic heterocycles. The molecular weight excluding hydrogens is 196 g/mol. The zero-order valence-electron chi connectivity index (χ0n) is 8.40. The van der Waals surface area contributed by atoms with E-state index in [-0.39, 0.29) is 18.6 Å². The third-order valence-corrected chi connectivity index (χ3v) is 2.36. The van der Waals surface area contributed by atoms with Crippen molar-refractivity contribution in [1.82, 2.24) is 0 Å². The van der Waals surface area contributed by atoms with E-state index < -0.39 is 17.2 Å². The van der Waals surface area contributed by atoms with E-state index in [2.05, 4.69) is 0 Å². The summed E-state index contributed by atoms with van der Waals surface area (Å²) in [6.45, 7) is 1.27. The van der Waals surface area contributed by atoms with Crippen molar-refractivity contribution in [3.05, 3.63) is 24.3 Å². The molecule has 4 heteroatoms. The monoisotopic (exact) mass is 208 g/mol. The number of carbonyl (C=O) groups is 3. The van der Waals surface area contributed by atoms with Crippen LogP contribution in [0.25, 0.3) is 0 Å². The Bertz CT molecular complexity index is 365. The van der Waals surface area contributed by atoms with Gasteiger partial charge in [-0.2, -0.15) is 0 Å². The van der Waals surface area contributed by atoms with Crippen LogP contribution in [0.5, 0.6) is 0 Å². The topological polar surface area (TPSA) is 71.4 Å². The molecule has 0 bridgehead atoms. The quantitative estimate of drug-likeness (QED) is 0.703. The van der Waals surface area contributed by atoms with Gasteiger partial charge in [-0.15, -0.1) is 0 Å². The molecule has 0 saturated heterocycles. The molecule has 1 unspecified atom stereocenters. The number of hydrogen-bond acceptors (Lipinski definition) is 3. The van der Waals surface area contributed by atoms with E-state index in [0.717, 1.165) is 0 Å². The molecule has 1 aliphatic rings. The van der Waals surface area contributed by atoms with Gasteiger partial charge in [0.25, 0.3) is 0 Å². The Morgan fingerprint density at radius 2 is 2.00 bits per heavy atom. The Balaban J connectivity index is 2.97. The molecule has 80 valence electrons. The van der Waals surface area contributed by atoms with E-state index in [1.165, 1.54) is 19.1 Å². The summed E-state index contributed by atoms with van der Waals surface area (Å²) in [7, 11) is 0. The first-order valence-corrected chi connectivity index (χ1v) is 4.59. The van der Waals surface area contributed by atoms with Gasteiger partial charge in [-0.1, -0.05) is 24.3 Å². The molecule has 0 spiro atoms. The fraction of sp³-hybridized carbons (Fsp3) is 0.364. The first-order valence-electron chi connectivity index (χ1n) is 4.59. The van der Waals surface area contributed by atoms with Crippen LogP contribution >= 0.6 is 0 Å². The van der Waals surface area contributed by atoms with Gasteiger partial charge in [-0.3, -0.25) is 14.4 Å². The molecule has 0 aromatic rings. The largest absolute Gasteiger partial charge is 0.480 e. The van der Waals surface area contributed by atoms with E-state index in [0.29, 0.717) is 0 Å². The lowest BCUT2D eigenvalue weighted by Crippen LogP contribution is -2.38. The maximum absolute atomic E-state index is 11.7. The number of rotatable bonds is 4. The van der Waals surface area contributed by atoms with Crippen molar-refractivity contribution < 1.29 is 19.5 Å². The first kappa shape index (κ1) is 11.4.